The summed E-state index contributed by atoms with van der Waals surface area (Å²) in [6, 6.07) is 13.4. The van der Waals surface area contributed by atoms with E-state index >= 15 is 0 Å². The SMILES string of the molecule is Cc1cc(C)cc(NC(=O)CN2CCC(C(=O)Nc3ccc(-n4cnnn4)cc3)CC2)c1. The number of nitrogens with one attached hydrogen (secondary N) is 2. The Hall–Kier alpha value is -3.59. The van der Waals surface area contributed by atoms with Crippen LogP contribution in [0.3, 0.4) is 0 Å². The summed E-state index contributed by atoms with van der Waals surface area (Å²) in [5.41, 5.74) is 4.63. The maximum Gasteiger partial charge on any atom is 0.238 e. The van der Waals surface area contributed by atoms with Gasteiger partial charge in [0, 0.05) is 17.3 Å². The average Bonchev–Trinajstić information content (AvgIpc) is 3.29. The van der Waals surface area contributed by atoms with Crippen molar-refractivity contribution in [3.8, 4) is 5.69 Å². The largest absolute Gasteiger partial charge is 0.326 e. The van der Waals surface area contributed by atoms with Gasteiger partial charge in [0.05, 0.1) is 12.2 Å². The van der Waals surface area contributed by atoms with E-state index in [1.807, 2.05) is 50.2 Å². The second-order valence-corrected chi connectivity index (χ2v) is 8.27. The Bertz CT molecular complexity index is 1050. The molecule has 3 aromatic rings. The molecule has 1 aromatic heterocycles. The smallest absolute Gasteiger partial charge is 0.238 e. The van der Waals surface area contributed by atoms with E-state index in [0.717, 1.165) is 54.1 Å². The van der Waals surface area contributed by atoms with Gasteiger partial charge in [-0.15, -0.1) is 5.10 Å². The molecular weight excluding hydrogens is 406 g/mol. The zero-order valence-corrected chi connectivity index (χ0v) is 18.3. The molecule has 9 nitrogen and oxygen atoms in total. The van der Waals surface area contributed by atoms with Crippen LogP contribution in [0, 0.1) is 19.8 Å². The van der Waals surface area contributed by atoms with Crippen LogP contribution in [0.1, 0.15) is 24.0 Å². The second kappa shape index (κ2) is 9.69. The van der Waals surface area contributed by atoms with Gasteiger partial charge in [-0.1, -0.05) is 6.07 Å². The number of rotatable bonds is 6. The van der Waals surface area contributed by atoms with Crippen molar-refractivity contribution in [1.29, 1.82) is 0 Å². The number of nitrogens with zero attached hydrogens (tertiary/aromatic N) is 5. The first-order chi connectivity index (χ1) is 15.5. The zero-order chi connectivity index (χ0) is 22.5. The van der Waals surface area contributed by atoms with Gasteiger partial charge in [0.25, 0.3) is 0 Å². The van der Waals surface area contributed by atoms with Gasteiger partial charge in [0.15, 0.2) is 0 Å². The van der Waals surface area contributed by atoms with Crippen LogP contribution in [0.2, 0.25) is 0 Å². The van der Waals surface area contributed by atoms with Gasteiger partial charge in [0.2, 0.25) is 11.8 Å². The molecule has 1 aliphatic rings. The Morgan fingerprint density at radius 2 is 1.66 bits per heavy atom. The molecule has 0 radical (unpaired) electrons. The number of anilines is 2. The van der Waals surface area contributed by atoms with E-state index < -0.39 is 0 Å². The summed E-state index contributed by atoms with van der Waals surface area (Å²) in [6.45, 7) is 5.80. The Kier molecular flexibility index (Phi) is 6.55. The summed E-state index contributed by atoms with van der Waals surface area (Å²) in [4.78, 5) is 27.2. The number of benzene rings is 2. The number of aromatic nitrogens is 4. The minimum absolute atomic E-state index is 0.0134. The van der Waals surface area contributed by atoms with Gasteiger partial charge in [-0.3, -0.25) is 14.5 Å². The topological polar surface area (TPSA) is 105 Å². The number of likely N-dealkylation sites (tertiary alicyclic amines) is 1. The minimum atomic E-state index is -0.0621. The Labute approximate surface area is 186 Å². The van der Waals surface area contributed by atoms with E-state index in [4.69, 9.17) is 0 Å². The van der Waals surface area contributed by atoms with Crippen molar-refractivity contribution in [3.63, 3.8) is 0 Å². The number of hydrogen-bond donors (Lipinski definition) is 2. The highest BCUT2D eigenvalue weighted by molar-refractivity contribution is 5.93. The summed E-state index contributed by atoms with van der Waals surface area (Å²) in [5.74, 6) is -0.0759. The Morgan fingerprint density at radius 1 is 0.969 bits per heavy atom. The third-order valence-electron chi connectivity index (χ3n) is 5.58. The molecule has 4 rings (SSSR count). The molecule has 0 unspecified atom stereocenters. The van der Waals surface area contributed by atoms with Crippen molar-refractivity contribution in [2.45, 2.75) is 26.7 Å². The van der Waals surface area contributed by atoms with Crippen LogP contribution in [-0.2, 0) is 9.59 Å². The molecule has 1 fully saturated rings. The molecule has 2 amide bonds. The number of tetrazole rings is 1. The van der Waals surface area contributed by atoms with Gasteiger partial charge in [-0.25, -0.2) is 4.68 Å². The number of carbonyl (C=O) groups is 2. The molecular formula is C23H27N7O2. The molecule has 0 spiro atoms. The number of amides is 2. The van der Waals surface area contributed by atoms with Crippen LogP contribution in [0.5, 0.6) is 0 Å². The highest BCUT2D eigenvalue weighted by Gasteiger charge is 2.26. The number of piperidine rings is 1. The van der Waals surface area contributed by atoms with Crippen molar-refractivity contribution < 1.29 is 9.59 Å². The molecule has 0 bridgehead atoms. The first-order valence-electron chi connectivity index (χ1n) is 10.7. The fraction of sp³-hybridized carbons (Fsp3) is 0.348. The molecule has 2 N–H and O–H groups in total. The van der Waals surface area contributed by atoms with Crippen molar-refractivity contribution in [3.05, 3.63) is 59.9 Å². The quantitative estimate of drug-likeness (QED) is 0.619. The predicted octanol–water partition coefficient (Wildman–Crippen LogP) is 2.57. The minimum Gasteiger partial charge on any atom is -0.326 e. The summed E-state index contributed by atoms with van der Waals surface area (Å²) >= 11 is 0. The molecule has 0 atom stereocenters. The van der Waals surface area contributed by atoms with Gasteiger partial charge in [-0.2, -0.15) is 0 Å². The molecule has 0 saturated carbocycles. The maximum absolute atomic E-state index is 12.7. The maximum atomic E-state index is 12.7. The number of hydrogen-bond acceptors (Lipinski definition) is 6. The first-order valence-corrected chi connectivity index (χ1v) is 10.7. The summed E-state index contributed by atoms with van der Waals surface area (Å²) in [5, 5.41) is 17.0. The lowest BCUT2D eigenvalue weighted by atomic mass is 9.95. The number of aryl methyl sites for hydroxylation is 2. The van der Waals surface area contributed by atoms with Gasteiger partial charge < -0.3 is 10.6 Å². The van der Waals surface area contributed by atoms with E-state index in [9.17, 15) is 9.59 Å². The predicted molar refractivity (Wildman–Crippen MR) is 121 cm³/mol. The van der Waals surface area contributed by atoms with Crippen LogP contribution in [0.25, 0.3) is 5.69 Å². The molecule has 9 heteroatoms. The molecule has 32 heavy (non-hydrogen) atoms. The molecule has 1 saturated heterocycles. The monoisotopic (exact) mass is 433 g/mol. The summed E-state index contributed by atoms with van der Waals surface area (Å²) < 4.78 is 1.55. The highest BCUT2D eigenvalue weighted by atomic mass is 16.2. The molecule has 0 aliphatic carbocycles. The van der Waals surface area contributed by atoms with E-state index in [-0.39, 0.29) is 17.7 Å². The van der Waals surface area contributed by atoms with Crippen LogP contribution < -0.4 is 10.6 Å². The van der Waals surface area contributed by atoms with Crippen LogP contribution in [0.15, 0.2) is 48.8 Å². The average molecular weight is 434 g/mol. The number of carbonyl (C=O) groups excluding carboxylic acids is 2. The lowest BCUT2D eigenvalue weighted by Gasteiger charge is -2.30. The second-order valence-electron chi connectivity index (χ2n) is 8.27. The Balaban J connectivity index is 1.23. The fourth-order valence-electron chi connectivity index (χ4n) is 4.03. The molecule has 1 aliphatic heterocycles. The molecule has 166 valence electrons. The van der Waals surface area contributed by atoms with Crippen molar-refractivity contribution in [2.24, 2.45) is 5.92 Å². The van der Waals surface area contributed by atoms with Gasteiger partial charge >= 0.3 is 0 Å². The molecule has 2 heterocycles. The standard InChI is InChI=1S/C23H27N7O2/c1-16-11-17(2)13-20(12-16)25-22(31)14-29-9-7-18(8-10-29)23(32)26-19-3-5-21(6-4-19)30-15-24-27-28-30/h3-6,11-13,15,18H,7-10,14H2,1-2H3,(H,25,31)(H,26,32). The Morgan fingerprint density at radius 3 is 2.28 bits per heavy atom. The third kappa shape index (κ3) is 5.55. The van der Waals surface area contributed by atoms with E-state index in [2.05, 4.69) is 37.1 Å². The normalized spacial score (nSPS) is 14.8. The van der Waals surface area contributed by atoms with Gasteiger partial charge in [0.1, 0.15) is 6.33 Å². The highest BCUT2D eigenvalue weighted by Crippen LogP contribution is 2.20. The lowest BCUT2D eigenvalue weighted by molar-refractivity contribution is -0.121. The van der Waals surface area contributed by atoms with Crippen molar-refractivity contribution >= 4 is 23.2 Å². The summed E-state index contributed by atoms with van der Waals surface area (Å²) in [7, 11) is 0. The van der Waals surface area contributed by atoms with E-state index in [1.165, 1.54) is 6.33 Å². The van der Waals surface area contributed by atoms with Crippen LogP contribution in [0.4, 0.5) is 11.4 Å². The van der Waals surface area contributed by atoms with Crippen LogP contribution >= 0.6 is 0 Å². The van der Waals surface area contributed by atoms with Crippen molar-refractivity contribution in [1.82, 2.24) is 25.1 Å². The summed E-state index contributed by atoms with van der Waals surface area (Å²) in [6.07, 6.45) is 2.97. The van der Waals surface area contributed by atoms with Gasteiger partial charge in [-0.05, 0) is 97.7 Å². The molecule has 2 aromatic carbocycles. The lowest BCUT2D eigenvalue weighted by Crippen LogP contribution is -2.41. The zero-order valence-electron chi connectivity index (χ0n) is 18.3. The van der Waals surface area contributed by atoms with Crippen molar-refractivity contribution in [2.75, 3.05) is 30.3 Å². The third-order valence-corrected chi connectivity index (χ3v) is 5.58. The van der Waals surface area contributed by atoms with E-state index in [0.29, 0.717) is 6.54 Å². The van der Waals surface area contributed by atoms with E-state index in [1.54, 1.807) is 4.68 Å². The fourth-order valence-corrected chi connectivity index (χ4v) is 4.03. The van der Waals surface area contributed by atoms with Crippen LogP contribution in [-0.4, -0.2) is 56.6 Å². The first kappa shape index (κ1) is 21.6.